The van der Waals surface area contributed by atoms with Crippen LogP contribution in [-0.2, 0) is 11.5 Å². The van der Waals surface area contributed by atoms with Crippen molar-refractivity contribution in [2.24, 2.45) is 0 Å². The second-order valence-electron chi connectivity index (χ2n) is 3.29. The third-order valence-electron chi connectivity index (χ3n) is 2.15. The van der Waals surface area contributed by atoms with Crippen molar-refractivity contribution in [1.82, 2.24) is 14.5 Å². The summed E-state index contributed by atoms with van der Waals surface area (Å²) < 4.78 is 7.85. The molecule has 0 unspecified atom stereocenters. The summed E-state index contributed by atoms with van der Waals surface area (Å²) in [4.78, 5) is 8.84. The Morgan fingerprint density at radius 3 is 2.94 bits per heavy atom. The first-order valence-corrected chi connectivity index (χ1v) is 5.81. The standard InChI is InChI=1S/C10H13BrN4O/c1-3-12-10-13-7-4-5-8(11)14-9(7)15(10)6-16-2/h4-5H,3,6H2,1-2H3,(H,12,13). The van der Waals surface area contributed by atoms with Crippen molar-refractivity contribution in [2.75, 3.05) is 19.0 Å². The Bertz CT molecular complexity index is 497. The number of halogens is 1. The minimum atomic E-state index is 0.433. The van der Waals surface area contributed by atoms with Gasteiger partial charge in [-0.2, -0.15) is 0 Å². The third kappa shape index (κ3) is 2.03. The molecule has 2 heterocycles. The van der Waals surface area contributed by atoms with E-state index in [2.05, 4.69) is 31.2 Å². The maximum atomic E-state index is 5.15. The Hall–Kier alpha value is -1.14. The summed E-state index contributed by atoms with van der Waals surface area (Å²) >= 11 is 3.35. The number of rotatable bonds is 4. The van der Waals surface area contributed by atoms with Crippen LogP contribution in [0, 0.1) is 0 Å². The lowest BCUT2D eigenvalue weighted by molar-refractivity contribution is 0.135. The molecule has 16 heavy (non-hydrogen) atoms. The van der Waals surface area contributed by atoms with Crippen LogP contribution in [0.2, 0.25) is 0 Å². The zero-order valence-corrected chi connectivity index (χ0v) is 10.8. The predicted molar refractivity (Wildman–Crippen MR) is 66.4 cm³/mol. The summed E-state index contributed by atoms with van der Waals surface area (Å²) in [6.45, 7) is 3.27. The topological polar surface area (TPSA) is 52.0 Å². The second kappa shape index (κ2) is 4.80. The SMILES string of the molecule is CCNc1nc2ccc(Br)nc2n1COC. The quantitative estimate of drug-likeness (QED) is 0.875. The van der Waals surface area contributed by atoms with Crippen LogP contribution in [0.1, 0.15) is 6.92 Å². The number of fused-ring (bicyclic) bond motifs is 1. The van der Waals surface area contributed by atoms with Crippen molar-refractivity contribution in [2.45, 2.75) is 13.7 Å². The highest BCUT2D eigenvalue weighted by Crippen LogP contribution is 2.20. The van der Waals surface area contributed by atoms with E-state index < -0.39 is 0 Å². The van der Waals surface area contributed by atoms with E-state index in [-0.39, 0.29) is 0 Å². The van der Waals surface area contributed by atoms with Gasteiger partial charge in [-0.05, 0) is 35.0 Å². The fourth-order valence-corrected chi connectivity index (χ4v) is 1.82. The first kappa shape index (κ1) is 11.3. The Morgan fingerprint density at radius 1 is 1.44 bits per heavy atom. The molecule has 2 aromatic rings. The Kier molecular flexibility index (Phi) is 3.40. The molecule has 0 aliphatic heterocycles. The van der Waals surface area contributed by atoms with Gasteiger partial charge in [0.25, 0.3) is 0 Å². The van der Waals surface area contributed by atoms with E-state index in [1.165, 1.54) is 0 Å². The van der Waals surface area contributed by atoms with Crippen molar-refractivity contribution >= 4 is 33.0 Å². The number of imidazole rings is 1. The number of pyridine rings is 1. The molecule has 0 saturated carbocycles. The lowest BCUT2D eigenvalue weighted by Gasteiger charge is -2.07. The second-order valence-corrected chi connectivity index (χ2v) is 4.10. The van der Waals surface area contributed by atoms with Gasteiger partial charge < -0.3 is 10.1 Å². The number of anilines is 1. The zero-order chi connectivity index (χ0) is 11.5. The van der Waals surface area contributed by atoms with E-state index in [1.807, 2.05) is 23.6 Å². The van der Waals surface area contributed by atoms with Gasteiger partial charge in [-0.3, -0.25) is 4.57 Å². The molecule has 86 valence electrons. The molecule has 0 aliphatic carbocycles. The molecule has 2 rings (SSSR count). The van der Waals surface area contributed by atoms with Gasteiger partial charge in [-0.25, -0.2) is 9.97 Å². The first-order chi connectivity index (χ1) is 7.76. The van der Waals surface area contributed by atoms with E-state index in [1.54, 1.807) is 7.11 Å². The van der Waals surface area contributed by atoms with E-state index in [9.17, 15) is 0 Å². The minimum Gasteiger partial charge on any atom is -0.364 e. The fraction of sp³-hybridized carbons (Fsp3) is 0.400. The maximum absolute atomic E-state index is 5.15. The first-order valence-electron chi connectivity index (χ1n) is 5.02. The predicted octanol–water partition coefficient (Wildman–Crippen LogP) is 2.23. The third-order valence-corrected chi connectivity index (χ3v) is 2.59. The molecule has 2 aromatic heterocycles. The maximum Gasteiger partial charge on any atom is 0.207 e. The van der Waals surface area contributed by atoms with Crippen LogP contribution in [0.3, 0.4) is 0 Å². The molecule has 5 nitrogen and oxygen atoms in total. The molecule has 0 aliphatic rings. The van der Waals surface area contributed by atoms with Gasteiger partial charge in [0.05, 0.1) is 0 Å². The fourth-order valence-electron chi connectivity index (χ4n) is 1.52. The van der Waals surface area contributed by atoms with Crippen molar-refractivity contribution in [3.63, 3.8) is 0 Å². The Balaban J connectivity index is 2.57. The molecule has 0 atom stereocenters. The normalized spacial score (nSPS) is 10.9. The van der Waals surface area contributed by atoms with Gasteiger partial charge >= 0.3 is 0 Å². The molecule has 1 N–H and O–H groups in total. The molecular formula is C10H13BrN4O. The van der Waals surface area contributed by atoms with Crippen LogP contribution in [0.4, 0.5) is 5.95 Å². The van der Waals surface area contributed by atoms with Gasteiger partial charge in [0.1, 0.15) is 16.9 Å². The number of aromatic nitrogens is 3. The summed E-state index contributed by atoms with van der Waals surface area (Å²) in [5.74, 6) is 0.782. The van der Waals surface area contributed by atoms with E-state index in [0.717, 1.165) is 28.3 Å². The van der Waals surface area contributed by atoms with Gasteiger partial charge in [0.2, 0.25) is 5.95 Å². The van der Waals surface area contributed by atoms with Crippen LogP contribution in [-0.4, -0.2) is 28.2 Å². The van der Waals surface area contributed by atoms with Crippen molar-refractivity contribution in [3.8, 4) is 0 Å². The van der Waals surface area contributed by atoms with Crippen LogP contribution in [0.25, 0.3) is 11.2 Å². The number of nitrogens with one attached hydrogen (secondary N) is 1. The number of ether oxygens (including phenoxy) is 1. The van der Waals surface area contributed by atoms with Crippen LogP contribution in [0.5, 0.6) is 0 Å². The minimum absolute atomic E-state index is 0.433. The van der Waals surface area contributed by atoms with Crippen LogP contribution in [0.15, 0.2) is 16.7 Å². The highest BCUT2D eigenvalue weighted by Gasteiger charge is 2.11. The van der Waals surface area contributed by atoms with Gasteiger partial charge in [-0.15, -0.1) is 0 Å². The number of nitrogens with zero attached hydrogens (tertiary/aromatic N) is 3. The van der Waals surface area contributed by atoms with E-state index in [0.29, 0.717) is 6.73 Å². The van der Waals surface area contributed by atoms with E-state index in [4.69, 9.17) is 4.74 Å². The summed E-state index contributed by atoms with van der Waals surface area (Å²) in [5, 5.41) is 3.19. The molecule has 0 aromatic carbocycles. The monoisotopic (exact) mass is 284 g/mol. The average molecular weight is 285 g/mol. The summed E-state index contributed by atoms with van der Waals surface area (Å²) in [7, 11) is 1.65. The molecule has 0 radical (unpaired) electrons. The molecule has 0 amide bonds. The Morgan fingerprint density at radius 2 is 2.25 bits per heavy atom. The molecular weight excluding hydrogens is 272 g/mol. The smallest absolute Gasteiger partial charge is 0.207 e. The number of hydrogen-bond donors (Lipinski definition) is 1. The molecule has 0 saturated heterocycles. The van der Waals surface area contributed by atoms with Crippen LogP contribution < -0.4 is 5.32 Å². The van der Waals surface area contributed by atoms with E-state index >= 15 is 0 Å². The van der Waals surface area contributed by atoms with Gasteiger partial charge in [0.15, 0.2) is 5.65 Å². The molecule has 0 bridgehead atoms. The van der Waals surface area contributed by atoms with Crippen molar-refractivity contribution in [3.05, 3.63) is 16.7 Å². The summed E-state index contributed by atoms with van der Waals surface area (Å²) in [5.41, 5.74) is 1.67. The average Bonchev–Trinajstić information content (AvgIpc) is 2.58. The zero-order valence-electron chi connectivity index (χ0n) is 9.20. The largest absolute Gasteiger partial charge is 0.364 e. The summed E-state index contributed by atoms with van der Waals surface area (Å²) in [6.07, 6.45) is 0. The van der Waals surface area contributed by atoms with Crippen LogP contribution >= 0.6 is 15.9 Å². The van der Waals surface area contributed by atoms with Gasteiger partial charge in [0, 0.05) is 13.7 Å². The van der Waals surface area contributed by atoms with Crippen molar-refractivity contribution in [1.29, 1.82) is 0 Å². The number of hydrogen-bond acceptors (Lipinski definition) is 4. The summed E-state index contributed by atoms with van der Waals surface area (Å²) in [6, 6.07) is 3.81. The lowest BCUT2D eigenvalue weighted by atomic mass is 10.4. The molecule has 0 fully saturated rings. The molecule has 0 spiro atoms. The lowest BCUT2D eigenvalue weighted by Crippen LogP contribution is -2.08. The highest BCUT2D eigenvalue weighted by molar-refractivity contribution is 9.10. The van der Waals surface area contributed by atoms with Crippen molar-refractivity contribution < 1.29 is 4.74 Å². The molecule has 6 heteroatoms. The Labute approximate surface area is 102 Å². The number of methoxy groups -OCH3 is 1. The van der Waals surface area contributed by atoms with Gasteiger partial charge in [-0.1, -0.05) is 0 Å². The highest BCUT2D eigenvalue weighted by atomic mass is 79.9.